The van der Waals surface area contributed by atoms with Crippen molar-refractivity contribution in [2.45, 2.75) is 37.6 Å². The maximum atomic E-state index is 14.4. The third-order valence-electron chi connectivity index (χ3n) is 7.14. The van der Waals surface area contributed by atoms with E-state index in [2.05, 4.69) is 6.20 Å². The Labute approximate surface area is 184 Å². The van der Waals surface area contributed by atoms with E-state index in [0.717, 1.165) is 43.0 Å². The number of amides is 1. The number of aromatic nitrogens is 2. The summed E-state index contributed by atoms with van der Waals surface area (Å²) in [5.41, 5.74) is 2.37. The highest BCUT2D eigenvalue weighted by molar-refractivity contribution is 5.95. The van der Waals surface area contributed by atoms with Gasteiger partial charge in [-0.3, -0.25) is 9.48 Å². The summed E-state index contributed by atoms with van der Waals surface area (Å²) in [6.45, 7) is 1.16. The fourth-order valence-corrected chi connectivity index (χ4v) is 5.29. The molecule has 164 valence electrons. The van der Waals surface area contributed by atoms with Crippen LogP contribution in [-0.4, -0.2) is 38.8 Å². The van der Waals surface area contributed by atoms with Gasteiger partial charge in [0.15, 0.2) is 0 Å². The molecule has 3 fully saturated rings. The molecule has 3 aromatic rings. The number of benzene rings is 2. The van der Waals surface area contributed by atoms with Gasteiger partial charge in [-0.2, -0.15) is 5.10 Å². The van der Waals surface area contributed by atoms with Crippen LogP contribution in [0.3, 0.4) is 0 Å². The molecule has 1 aliphatic heterocycles. The first-order chi connectivity index (χ1) is 15.4. The molecule has 3 aliphatic rings. The number of hydrogen-bond acceptors (Lipinski definition) is 3. The number of carbonyl (C=O) groups excluding carboxylic acids is 1. The van der Waals surface area contributed by atoms with E-state index in [9.17, 15) is 18.7 Å². The normalized spacial score (nSPS) is 19.6. The molecule has 1 spiro atoms. The Morgan fingerprint density at radius 3 is 2.53 bits per heavy atom. The smallest absolute Gasteiger partial charge is 0.257 e. The predicted molar refractivity (Wildman–Crippen MR) is 114 cm³/mol. The molecule has 1 saturated heterocycles. The summed E-state index contributed by atoms with van der Waals surface area (Å²) in [6, 6.07) is 10.5. The Bertz CT molecular complexity index is 1220. The van der Waals surface area contributed by atoms with Crippen molar-refractivity contribution in [3.05, 3.63) is 71.4 Å². The molecule has 0 unspecified atom stereocenters. The first kappa shape index (κ1) is 19.5. The fourth-order valence-electron chi connectivity index (χ4n) is 5.29. The number of carbonyl (C=O) groups is 1. The summed E-state index contributed by atoms with van der Waals surface area (Å²) in [5.74, 6) is -0.919. The van der Waals surface area contributed by atoms with Gasteiger partial charge < -0.3 is 10.0 Å². The number of phenolic OH excluding ortho intramolecular Hbond substituents is 1. The van der Waals surface area contributed by atoms with Gasteiger partial charge in [-0.05, 0) is 61.9 Å². The lowest BCUT2D eigenvalue weighted by molar-refractivity contribution is -0.0739. The molecule has 5 nitrogen and oxygen atoms in total. The van der Waals surface area contributed by atoms with Crippen LogP contribution in [0.5, 0.6) is 5.75 Å². The van der Waals surface area contributed by atoms with Crippen molar-refractivity contribution >= 4 is 5.91 Å². The number of aromatic hydroxyl groups is 1. The summed E-state index contributed by atoms with van der Waals surface area (Å²) >= 11 is 0. The highest BCUT2D eigenvalue weighted by Gasteiger charge is 2.55. The van der Waals surface area contributed by atoms with Crippen LogP contribution in [0.4, 0.5) is 8.78 Å². The van der Waals surface area contributed by atoms with Crippen LogP contribution >= 0.6 is 0 Å². The molecule has 2 saturated carbocycles. The minimum absolute atomic E-state index is 0.0392. The highest BCUT2D eigenvalue weighted by atomic mass is 19.1. The molecule has 1 N–H and O–H groups in total. The van der Waals surface area contributed by atoms with E-state index in [1.165, 1.54) is 18.2 Å². The van der Waals surface area contributed by atoms with E-state index in [4.69, 9.17) is 5.10 Å². The molecular formula is C25H23F2N3O2. The Morgan fingerprint density at radius 1 is 1.06 bits per heavy atom. The number of phenols is 1. The standard InChI is InChI=1S/C25H23F2N3O2/c26-21-4-2-1-3-18(21)23-20(15-5-6-15)12-30(28-23)16-10-25(11-16)13-29(14-25)24(32)19-9-17(31)7-8-22(19)27/h1-4,7-9,12,15-16,31H,5-6,10-11,13-14H2. The number of likely N-dealkylation sites (tertiary alicyclic amines) is 1. The molecule has 2 aliphatic carbocycles. The second-order valence-electron chi connectivity index (χ2n) is 9.55. The van der Waals surface area contributed by atoms with E-state index < -0.39 is 5.82 Å². The van der Waals surface area contributed by atoms with E-state index in [-0.39, 0.29) is 34.5 Å². The van der Waals surface area contributed by atoms with E-state index in [1.54, 1.807) is 17.0 Å². The number of halogens is 2. The average Bonchev–Trinajstić information content (AvgIpc) is 3.47. The van der Waals surface area contributed by atoms with Crippen molar-refractivity contribution in [2.24, 2.45) is 5.41 Å². The largest absolute Gasteiger partial charge is 0.508 e. The van der Waals surface area contributed by atoms with Gasteiger partial charge in [0.1, 0.15) is 17.4 Å². The Balaban J connectivity index is 1.16. The third kappa shape index (κ3) is 3.10. The van der Waals surface area contributed by atoms with Crippen LogP contribution in [0.2, 0.25) is 0 Å². The van der Waals surface area contributed by atoms with E-state index in [0.29, 0.717) is 24.6 Å². The molecule has 7 heteroatoms. The zero-order valence-electron chi connectivity index (χ0n) is 17.5. The maximum absolute atomic E-state index is 14.4. The second kappa shape index (κ2) is 6.89. The zero-order valence-corrected chi connectivity index (χ0v) is 17.5. The minimum atomic E-state index is -0.620. The average molecular weight is 435 g/mol. The molecule has 6 rings (SSSR count). The van der Waals surface area contributed by atoms with Crippen molar-refractivity contribution in [2.75, 3.05) is 13.1 Å². The molecular weight excluding hydrogens is 412 g/mol. The number of hydrogen-bond donors (Lipinski definition) is 1. The second-order valence-corrected chi connectivity index (χ2v) is 9.55. The molecule has 1 amide bonds. The summed E-state index contributed by atoms with van der Waals surface area (Å²) in [7, 11) is 0. The molecule has 2 heterocycles. The van der Waals surface area contributed by atoms with Crippen LogP contribution in [-0.2, 0) is 0 Å². The third-order valence-corrected chi connectivity index (χ3v) is 7.14. The number of nitrogens with zero attached hydrogens (tertiary/aromatic N) is 3. The lowest BCUT2D eigenvalue weighted by Crippen LogP contribution is -2.63. The Hall–Kier alpha value is -3.22. The predicted octanol–water partition coefficient (Wildman–Crippen LogP) is 4.89. The SMILES string of the molecule is O=C(c1cc(O)ccc1F)N1CC2(CC(n3cc(C4CC4)c(-c4ccccc4F)n3)C2)C1. The van der Waals surface area contributed by atoms with Crippen LogP contribution in [0, 0.1) is 17.0 Å². The molecule has 0 atom stereocenters. The first-order valence-electron chi connectivity index (χ1n) is 11.0. The van der Waals surface area contributed by atoms with Gasteiger partial charge in [0, 0.05) is 35.8 Å². The maximum Gasteiger partial charge on any atom is 0.257 e. The van der Waals surface area contributed by atoms with Gasteiger partial charge in [-0.1, -0.05) is 12.1 Å². The lowest BCUT2D eigenvalue weighted by Gasteiger charge is -2.58. The van der Waals surface area contributed by atoms with E-state index >= 15 is 0 Å². The van der Waals surface area contributed by atoms with Crippen molar-refractivity contribution in [3.8, 4) is 17.0 Å². The van der Waals surface area contributed by atoms with Gasteiger partial charge in [0.05, 0.1) is 17.3 Å². The molecule has 0 bridgehead atoms. The highest BCUT2D eigenvalue weighted by Crippen LogP contribution is 2.55. The molecule has 1 aromatic heterocycles. The molecule has 0 radical (unpaired) electrons. The van der Waals surface area contributed by atoms with Crippen molar-refractivity contribution in [3.63, 3.8) is 0 Å². The zero-order chi connectivity index (χ0) is 22.0. The lowest BCUT2D eigenvalue weighted by atomic mass is 9.60. The van der Waals surface area contributed by atoms with Crippen LogP contribution in [0.1, 0.15) is 53.6 Å². The molecule has 2 aromatic carbocycles. The molecule has 32 heavy (non-hydrogen) atoms. The topological polar surface area (TPSA) is 58.4 Å². The van der Waals surface area contributed by atoms with Crippen LogP contribution in [0.15, 0.2) is 48.7 Å². The number of rotatable bonds is 4. The van der Waals surface area contributed by atoms with Gasteiger partial charge >= 0.3 is 0 Å². The van der Waals surface area contributed by atoms with Gasteiger partial charge in [-0.15, -0.1) is 0 Å². The Kier molecular flexibility index (Phi) is 4.19. The van der Waals surface area contributed by atoms with Crippen molar-refractivity contribution in [1.29, 1.82) is 0 Å². The fraction of sp³-hybridized carbons (Fsp3) is 0.360. The van der Waals surface area contributed by atoms with Crippen LogP contribution < -0.4 is 0 Å². The summed E-state index contributed by atoms with van der Waals surface area (Å²) in [4.78, 5) is 14.3. The van der Waals surface area contributed by atoms with Gasteiger partial charge in [0.2, 0.25) is 0 Å². The van der Waals surface area contributed by atoms with E-state index in [1.807, 2.05) is 10.7 Å². The van der Waals surface area contributed by atoms with Gasteiger partial charge in [-0.25, -0.2) is 8.78 Å². The van der Waals surface area contributed by atoms with Gasteiger partial charge in [0.25, 0.3) is 5.91 Å². The summed E-state index contributed by atoms with van der Waals surface area (Å²) < 4.78 is 30.4. The summed E-state index contributed by atoms with van der Waals surface area (Å²) in [5, 5.41) is 14.4. The first-order valence-corrected chi connectivity index (χ1v) is 11.0. The van der Waals surface area contributed by atoms with Crippen molar-refractivity contribution in [1.82, 2.24) is 14.7 Å². The van der Waals surface area contributed by atoms with Crippen LogP contribution in [0.25, 0.3) is 11.3 Å². The monoisotopic (exact) mass is 435 g/mol. The quantitative estimate of drug-likeness (QED) is 0.635. The minimum Gasteiger partial charge on any atom is -0.508 e. The summed E-state index contributed by atoms with van der Waals surface area (Å²) in [6.07, 6.45) is 6.10. The van der Waals surface area contributed by atoms with Crippen molar-refractivity contribution < 1.29 is 18.7 Å². The Morgan fingerprint density at radius 2 is 1.81 bits per heavy atom.